The van der Waals surface area contributed by atoms with Crippen LogP contribution in [0.5, 0.6) is 11.5 Å². The summed E-state index contributed by atoms with van der Waals surface area (Å²) in [7, 11) is 0. The van der Waals surface area contributed by atoms with E-state index < -0.39 is 0 Å². The highest BCUT2D eigenvalue weighted by atomic mass is 32.1. The molecular formula is C23H26N4O5S. The van der Waals surface area contributed by atoms with E-state index in [2.05, 4.69) is 15.5 Å². The van der Waals surface area contributed by atoms with Gasteiger partial charge in [-0.1, -0.05) is 5.16 Å². The van der Waals surface area contributed by atoms with E-state index in [0.717, 1.165) is 22.4 Å². The summed E-state index contributed by atoms with van der Waals surface area (Å²) in [4.78, 5) is 31.1. The number of hydrogen-bond donors (Lipinski definition) is 2. The molecule has 0 aliphatic carbocycles. The zero-order chi connectivity index (χ0) is 23.4. The largest absolute Gasteiger partial charge is 0.490 e. The van der Waals surface area contributed by atoms with Crippen LogP contribution in [-0.4, -0.2) is 46.1 Å². The molecule has 1 aliphatic rings. The molecule has 2 aromatic heterocycles. The number of fused-ring (bicyclic) bond motifs is 2. The minimum atomic E-state index is -0.277. The summed E-state index contributed by atoms with van der Waals surface area (Å²) in [6.07, 6.45) is 3.25. The second kappa shape index (κ2) is 10.0. The van der Waals surface area contributed by atoms with Crippen LogP contribution in [0.3, 0.4) is 0 Å². The lowest BCUT2D eigenvalue weighted by Crippen LogP contribution is -2.33. The van der Waals surface area contributed by atoms with Crippen LogP contribution >= 0.6 is 11.3 Å². The second-order valence-electron chi connectivity index (χ2n) is 7.85. The number of rotatable bonds is 7. The quantitative estimate of drug-likeness (QED) is 0.237. The molecule has 174 valence electrons. The highest BCUT2D eigenvalue weighted by molar-refractivity contribution is 7.18. The molecule has 0 unspecified atom stereocenters. The van der Waals surface area contributed by atoms with Gasteiger partial charge in [0.1, 0.15) is 11.4 Å². The van der Waals surface area contributed by atoms with Crippen molar-refractivity contribution >= 4 is 33.2 Å². The summed E-state index contributed by atoms with van der Waals surface area (Å²) in [5.74, 6) is 1.03. The second-order valence-corrected chi connectivity index (χ2v) is 9.06. The average Bonchev–Trinajstić information content (AvgIpc) is 2.96. The van der Waals surface area contributed by atoms with Crippen molar-refractivity contribution in [1.29, 1.82) is 0 Å². The summed E-state index contributed by atoms with van der Waals surface area (Å²) in [5.41, 5.74) is 1.93. The van der Waals surface area contributed by atoms with Crippen LogP contribution in [0.15, 0.2) is 34.5 Å². The first-order chi connectivity index (χ1) is 16.0. The fourth-order valence-corrected chi connectivity index (χ4v) is 4.66. The van der Waals surface area contributed by atoms with Crippen molar-refractivity contribution in [3.8, 4) is 11.5 Å². The van der Waals surface area contributed by atoms with Crippen LogP contribution in [0.1, 0.15) is 35.3 Å². The Morgan fingerprint density at radius 2 is 2.06 bits per heavy atom. The Kier molecular flexibility index (Phi) is 6.93. The van der Waals surface area contributed by atoms with Gasteiger partial charge in [0.2, 0.25) is 5.91 Å². The van der Waals surface area contributed by atoms with Gasteiger partial charge in [0.15, 0.2) is 11.5 Å². The summed E-state index contributed by atoms with van der Waals surface area (Å²) in [5, 5.41) is 16.3. The third-order valence-electron chi connectivity index (χ3n) is 5.58. The van der Waals surface area contributed by atoms with Crippen molar-refractivity contribution in [3.05, 3.63) is 50.9 Å². The molecule has 0 saturated heterocycles. The highest BCUT2D eigenvalue weighted by Crippen LogP contribution is 2.31. The maximum absolute atomic E-state index is 12.7. The Hall–Kier alpha value is -3.40. The molecule has 4 rings (SSSR count). The number of oxime groups is 1. The first kappa shape index (κ1) is 22.8. The topological polar surface area (TPSA) is 115 Å². The van der Waals surface area contributed by atoms with Crippen LogP contribution in [0, 0.1) is 13.8 Å². The average molecular weight is 471 g/mol. The number of benzene rings is 1. The smallest absolute Gasteiger partial charge is 0.262 e. The van der Waals surface area contributed by atoms with Crippen molar-refractivity contribution < 1.29 is 19.5 Å². The minimum Gasteiger partial charge on any atom is -0.490 e. The Labute approximate surface area is 194 Å². The summed E-state index contributed by atoms with van der Waals surface area (Å²) >= 11 is 1.48. The first-order valence-corrected chi connectivity index (χ1v) is 11.6. The van der Waals surface area contributed by atoms with Crippen LogP contribution in [-0.2, 0) is 11.3 Å². The monoisotopic (exact) mass is 470 g/mol. The predicted molar refractivity (Wildman–Crippen MR) is 126 cm³/mol. The lowest BCUT2D eigenvalue weighted by Gasteiger charge is -2.11. The lowest BCUT2D eigenvalue weighted by atomic mass is 10.0. The fraction of sp³-hybridized carbons (Fsp3) is 0.391. The van der Waals surface area contributed by atoms with Crippen molar-refractivity contribution in [2.45, 2.75) is 39.7 Å². The molecule has 0 bridgehead atoms. The van der Waals surface area contributed by atoms with Gasteiger partial charge in [-0.05, 0) is 50.5 Å². The maximum atomic E-state index is 12.7. The summed E-state index contributed by atoms with van der Waals surface area (Å²) < 4.78 is 12.6. The molecule has 10 heteroatoms. The van der Waals surface area contributed by atoms with E-state index in [4.69, 9.17) is 9.47 Å². The number of aromatic nitrogens is 2. The predicted octanol–water partition coefficient (Wildman–Crippen LogP) is 3.01. The van der Waals surface area contributed by atoms with Crippen LogP contribution in [0.4, 0.5) is 0 Å². The molecule has 0 saturated carbocycles. The Bertz CT molecular complexity index is 1260. The van der Waals surface area contributed by atoms with Gasteiger partial charge in [0.25, 0.3) is 5.56 Å². The number of nitrogens with zero attached hydrogens (tertiary/aromatic N) is 3. The van der Waals surface area contributed by atoms with Crippen LogP contribution < -0.4 is 20.3 Å². The fourth-order valence-electron chi connectivity index (χ4n) is 3.67. The van der Waals surface area contributed by atoms with Gasteiger partial charge >= 0.3 is 0 Å². The van der Waals surface area contributed by atoms with Gasteiger partial charge in [0.05, 0.1) is 30.6 Å². The molecule has 9 nitrogen and oxygen atoms in total. The molecule has 3 heterocycles. The molecule has 0 spiro atoms. The van der Waals surface area contributed by atoms with Crippen molar-refractivity contribution in [2.75, 3.05) is 19.8 Å². The number of thiophene rings is 1. The van der Waals surface area contributed by atoms with E-state index in [-0.39, 0.29) is 18.0 Å². The van der Waals surface area contributed by atoms with Crippen molar-refractivity contribution in [1.82, 2.24) is 14.9 Å². The third-order valence-corrected chi connectivity index (χ3v) is 6.70. The van der Waals surface area contributed by atoms with Crippen LogP contribution in [0.2, 0.25) is 0 Å². The Morgan fingerprint density at radius 1 is 1.27 bits per heavy atom. The molecule has 1 aromatic carbocycles. The number of amides is 1. The minimum absolute atomic E-state index is 0.0980. The summed E-state index contributed by atoms with van der Waals surface area (Å²) in [6.45, 7) is 5.31. The SMILES string of the molecule is Cc1sc2ncn(CC(=O)NCCCC(=NO)c3ccc4c(c3)OCCCO4)c(=O)c2c1C. The Balaban J connectivity index is 1.31. The normalized spacial score (nSPS) is 13.7. The van der Waals surface area contributed by atoms with Gasteiger partial charge in [-0.25, -0.2) is 4.98 Å². The summed E-state index contributed by atoms with van der Waals surface area (Å²) in [6, 6.07) is 5.44. The van der Waals surface area contributed by atoms with Gasteiger partial charge in [-0.3, -0.25) is 14.2 Å². The van der Waals surface area contributed by atoms with E-state index in [1.54, 1.807) is 6.07 Å². The molecule has 1 aliphatic heterocycles. The standard InChI is InChI=1S/C23H26N4O5S/c1-14-15(2)33-22-21(14)23(29)27(13-25-22)12-20(28)24-8-3-5-17(26-30)16-6-7-18-19(11-16)32-10-4-9-31-18/h6-7,11,13,30H,3-5,8-10,12H2,1-2H3,(H,24,28). The van der Waals surface area contributed by atoms with Gasteiger partial charge in [0, 0.05) is 23.4 Å². The van der Waals surface area contributed by atoms with E-state index in [9.17, 15) is 14.8 Å². The third kappa shape index (κ3) is 5.00. The lowest BCUT2D eigenvalue weighted by molar-refractivity contribution is -0.121. The Morgan fingerprint density at radius 3 is 2.85 bits per heavy atom. The molecule has 0 atom stereocenters. The van der Waals surface area contributed by atoms with Gasteiger partial charge < -0.3 is 20.0 Å². The molecule has 2 N–H and O–H groups in total. The number of hydrogen-bond acceptors (Lipinski definition) is 8. The zero-order valence-electron chi connectivity index (χ0n) is 18.6. The van der Waals surface area contributed by atoms with E-state index >= 15 is 0 Å². The van der Waals surface area contributed by atoms with E-state index in [1.165, 1.54) is 22.2 Å². The molecule has 0 fully saturated rings. The molecule has 3 aromatic rings. The van der Waals surface area contributed by atoms with Gasteiger partial charge in [-0.2, -0.15) is 0 Å². The number of ether oxygens (including phenoxy) is 2. The number of carbonyl (C=O) groups is 1. The number of nitrogens with one attached hydrogen (secondary N) is 1. The van der Waals surface area contributed by atoms with Crippen molar-refractivity contribution in [2.24, 2.45) is 5.16 Å². The number of carbonyl (C=O) groups excluding carboxylic acids is 1. The molecule has 33 heavy (non-hydrogen) atoms. The van der Waals surface area contributed by atoms with E-state index in [0.29, 0.717) is 60.0 Å². The highest BCUT2D eigenvalue weighted by Gasteiger charge is 2.15. The van der Waals surface area contributed by atoms with Gasteiger partial charge in [-0.15, -0.1) is 11.3 Å². The first-order valence-electron chi connectivity index (χ1n) is 10.8. The molecule has 0 radical (unpaired) electrons. The van der Waals surface area contributed by atoms with E-state index in [1.807, 2.05) is 26.0 Å². The van der Waals surface area contributed by atoms with Crippen LogP contribution in [0.25, 0.3) is 10.2 Å². The number of aryl methyl sites for hydroxylation is 2. The molecule has 1 amide bonds. The molecular weight excluding hydrogens is 444 g/mol. The zero-order valence-corrected chi connectivity index (χ0v) is 19.4. The van der Waals surface area contributed by atoms with Crippen molar-refractivity contribution in [3.63, 3.8) is 0 Å². The maximum Gasteiger partial charge on any atom is 0.262 e.